The smallest absolute Gasteiger partial charge is 0.256 e. The Bertz CT molecular complexity index is 462. The molecule has 1 fully saturated rings. The van der Waals surface area contributed by atoms with Crippen LogP contribution < -0.4 is 0 Å². The van der Waals surface area contributed by atoms with Gasteiger partial charge in [-0.3, -0.25) is 9.69 Å². The minimum absolute atomic E-state index is 0.00333. The summed E-state index contributed by atoms with van der Waals surface area (Å²) in [6.45, 7) is 3.43. The normalized spacial score (nSPS) is 16.6. The zero-order chi connectivity index (χ0) is 13.8. The van der Waals surface area contributed by atoms with Crippen molar-refractivity contribution >= 4 is 17.5 Å². The first-order valence-electron chi connectivity index (χ1n) is 6.18. The molecule has 0 aliphatic carbocycles. The summed E-state index contributed by atoms with van der Waals surface area (Å²) in [5.74, 6) is -0.627. The third-order valence-electron chi connectivity index (χ3n) is 3.24. The molecular formula is C13H16ClFN2O2. The third-order valence-corrected chi connectivity index (χ3v) is 3.41. The van der Waals surface area contributed by atoms with Gasteiger partial charge < -0.3 is 10.0 Å². The molecule has 2 rings (SSSR count). The molecule has 0 saturated carbocycles. The van der Waals surface area contributed by atoms with E-state index in [0.717, 1.165) is 25.7 Å². The van der Waals surface area contributed by atoms with Crippen LogP contribution in [-0.4, -0.2) is 59.4 Å². The number of benzene rings is 1. The van der Waals surface area contributed by atoms with Crippen molar-refractivity contribution in [1.29, 1.82) is 0 Å². The number of carbonyl (C=O) groups is 1. The van der Waals surface area contributed by atoms with E-state index in [1.807, 2.05) is 0 Å². The lowest BCUT2D eigenvalue weighted by atomic mass is 10.1. The van der Waals surface area contributed by atoms with Crippen LogP contribution in [-0.2, 0) is 0 Å². The zero-order valence-electron chi connectivity index (χ0n) is 10.5. The number of rotatable bonds is 3. The molecule has 0 unspecified atom stereocenters. The lowest BCUT2D eigenvalue weighted by Gasteiger charge is -2.34. The Kier molecular flexibility index (Phi) is 4.61. The average Bonchev–Trinajstić information content (AvgIpc) is 2.39. The van der Waals surface area contributed by atoms with Crippen LogP contribution in [0.25, 0.3) is 0 Å². The molecule has 6 heteroatoms. The molecular weight excluding hydrogens is 271 g/mol. The molecule has 1 aromatic carbocycles. The van der Waals surface area contributed by atoms with Crippen LogP contribution in [0.1, 0.15) is 10.4 Å². The van der Waals surface area contributed by atoms with Gasteiger partial charge in [0.15, 0.2) is 0 Å². The van der Waals surface area contributed by atoms with E-state index < -0.39 is 5.82 Å². The molecule has 4 nitrogen and oxygen atoms in total. The zero-order valence-corrected chi connectivity index (χ0v) is 11.2. The Morgan fingerprint density at radius 2 is 2.00 bits per heavy atom. The molecule has 0 radical (unpaired) electrons. The van der Waals surface area contributed by atoms with Crippen LogP contribution in [0.15, 0.2) is 18.2 Å². The summed E-state index contributed by atoms with van der Waals surface area (Å²) in [6, 6.07) is 3.59. The van der Waals surface area contributed by atoms with Gasteiger partial charge in [0.25, 0.3) is 5.91 Å². The van der Waals surface area contributed by atoms with Crippen molar-refractivity contribution in [2.24, 2.45) is 0 Å². The van der Waals surface area contributed by atoms with Gasteiger partial charge in [0.2, 0.25) is 0 Å². The van der Waals surface area contributed by atoms with Gasteiger partial charge in [-0.15, -0.1) is 11.6 Å². The number of phenolic OH excluding ortho intramolecular Hbond substituents is 1. The molecule has 1 amide bonds. The van der Waals surface area contributed by atoms with Crippen molar-refractivity contribution in [1.82, 2.24) is 9.80 Å². The molecule has 1 aromatic rings. The van der Waals surface area contributed by atoms with Gasteiger partial charge in [-0.1, -0.05) is 0 Å². The minimum Gasteiger partial charge on any atom is -0.508 e. The quantitative estimate of drug-likeness (QED) is 0.857. The van der Waals surface area contributed by atoms with Crippen LogP contribution in [0.2, 0.25) is 0 Å². The number of amides is 1. The highest BCUT2D eigenvalue weighted by atomic mass is 35.5. The maximum absolute atomic E-state index is 13.6. The highest BCUT2D eigenvalue weighted by Gasteiger charge is 2.23. The van der Waals surface area contributed by atoms with E-state index >= 15 is 0 Å². The number of phenols is 1. The largest absolute Gasteiger partial charge is 0.508 e. The van der Waals surface area contributed by atoms with E-state index in [-0.39, 0.29) is 17.2 Å². The first-order chi connectivity index (χ1) is 9.11. The highest BCUT2D eigenvalue weighted by molar-refractivity contribution is 6.18. The fraction of sp³-hybridized carbons (Fsp3) is 0.462. The second-order valence-electron chi connectivity index (χ2n) is 4.49. The molecule has 1 heterocycles. The van der Waals surface area contributed by atoms with Crippen molar-refractivity contribution < 1.29 is 14.3 Å². The maximum Gasteiger partial charge on any atom is 0.256 e. The fourth-order valence-corrected chi connectivity index (χ4v) is 2.38. The summed E-state index contributed by atoms with van der Waals surface area (Å²) in [4.78, 5) is 16.0. The van der Waals surface area contributed by atoms with Gasteiger partial charge in [0.05, 0.1) is 5.56 Å². The number of nitrogens with zero attached hydrogens (tertiary/aromatic N) is 2. The first kappa shape index (κ1) is 14.1. The minimum atomic E-state index is -0.687. The number of hydrogen-bond acceptors (Lipinski definition) is 3. The van der Waals surface area contributed by atoms with E-state index in [9.17, 15) is 9.18 Å². The molecule has 0 spiro atoms. The Morgan fingerprint density at radius 3 is 2.58 bits per heavy atom. The van der Waals surface area contributed by atoms with Gasteiger partial charge in [0.1, 0.15) is 11.6 Å². The molecule has 19 heavy (non-hydrogen) atoms. The number of aromatic hydroxyl groups is 1. The van der Waals surface area contributed by atoms with Crippen LogP contribution in [0, 0.1) is 5.82 Å². The van der Waals surface area contributed by atoms with E-state index in [1.54, 1.807) is 4.90 Å². The van der Waals surface area contributed by atoms with E-state index in [2.05, 4.69) is 4.90 Å². The number of hydrogen-bond donors (Lipinski definition) is 1. The summed E-state index contributed by atoms with van der Waals surface area (Å²) < 4.78 is 13.6. The van der Waals surface area contributed by atoms with Crippen LogP contribution in [0.4, 0.5) is 4.39 Å². The molecule has 1 N–H and O–H groups in total. The van der Waals surface area contributed by atoms with E-state index in [4.69, 9.17) is 16.7 Å². The van der Waals surface area contributed by atoms with E-state index in [1.165, 1.54) is 12.1 Å². The fourth-order valence-electron chi connectivity index (χ4n) is 2.14. The van der Waals surface area contributed by atoms with Crippen molar-refractivity contribution in [3.63, 3.8) is 0 Å². The van der Waals surface area contributed by atoms with Crippen LogP contribution in [0.3, 0.4) is 0 Å². The molecule has 1 aliphatic heterocycles. The monoisotopic (exact) mass is 286 g/mol. The molecule has 1 aliphatic rings. The van der Waals surface area contributed by atoms with E-state index in [0.29, 0.717) is 19.0 Å². The van der Waals surface area contributed by atoms with Gasteiger partial charge >= 0.3 is 0 Å². The summed E-state index contributed by atoms with van der Waals surface area (Å²) >= 11 is 5.67. The van der Waals surface area contributed by atoms with Crippen molar-refractivity contribution in [3.05, 3.63) is 29.6 Å². The Hall–Kier alpha value is -1.33. The summed E-state index contributed by atoms with van der Waals surface area (Å²) in [5, 5.41) is 9.14. The topological polar surface area (TPSA) is 43.8 Å². The van der Waals surface area contributed by atoms with Crippen molar-refractivity contribution in [3.8, 4) is 5.75 Å². The number of carbonyl (C=O) groups excluding carboxylic acids is 1. The Morgan fingerprint density at radius 1 is 1.32 bits per heavy atom. The SMILES string of the molecule is O=C(c1ccc(O)cc1F)N1CCN(CCCl)CC1. The lowest BCUT2D eigenvalue weighted by molar-refractivity contribution is 0.0639. The van der Waals surface area contributed by atoms with Crippen LogP contribution >= 0.6 is 11.6 Å². The Balaban J connectivity index is 2.01. The molecule has 104 valence electrons. The second kappa shape index (κ2) is 6.21. The highest BCUT2D eigenvalue weighted by Crippen LogP contribution is 2.17. The van der Waals surface area contributed by atoms with Gasteiger partial charge in [-0.2, -0.15) is 0 Å². The summed E-state index contributed by atoms with van der Waals surface area (Å²) in [5.41, 5.74) is 0.00333. The number of halogens is 2. The third kappa shape index (κ3) is 3.36. The molecule has 0 aromatic heterocycles. The van der Waals surface area contributed by atoms with Crippen molar-refractivity contribution in [2.75, 3.05) is 38.6 Å². The first-order valence-corrected chi connectivity index (χ1v) is 6.71. The second-order valence-corrected chi connectivity index (χ2v) is 4.86. The summed E-state index contributed by atoms with van der Waals surface area (Å²) in [7, 11) is 0. The molecule has 0 atom stereocenters. The number of alkyl halides is 1. The van der Waals surface area contributed by atoms with Gasteiger partial charge in [-0.05, 0) is 12.1 Å². The lowest BCUT2D eigenvalue weighted by Crippen LogP contribution is -2.49. The maximum atomic E-state index is 13.6. The molecule has 0 bridgehead atoms. The predicted octanol–water partition coefficient (Wildman–Crippen LogP) is 1.53. The average molecular weight is 287 g/mol. The van der Waals surface area contributed by atoms with Crippen LogP contribution in [0.5, 0.6) is 5.75 Å². The Labute approximate surface area is 116 Å². The van der Waals surface area contributed by atoms with Gasteiger partial charge in [-0.25, -0.2) is 4.39 Å². The predicted molar refractivity (Wildman–Crippen MR) is 71.1 cm³/mol. The number of piperazine rings is 1. The van der Waals surface area contributed by atoms with Gasteiger partial charge in [0, 0.05) is 44.7 Å². The standard InChI is InChI=1S/C13H16ClFN2O2/c14-3-4-16-5-7-17(8-6-16)13(19)11-2-1-10(18)9-12(11)15/h1-2,9,18H,3-8H2. The molecule has 1 saturated heterocycles. The summed E-state index contributed by atoms with van der Waals surface area (Å²) in [6.07, 6.45) is 0. The van der Waals surface area contributed by atoms with Crippen molar-refractivity contribution in [2.45, 2.75) is 0 Å².